The first kappa shape index (κ1) is 12.1. The van der Waals surface area contributed by atoms with Crippen LogP contribution < -0.4 is 5.32 Å². The monoisotopic (exact) mass is 205 g/mol. The molecule has 1 aromatic rings. The summed E-state index contributed by atoms with van der Waals surface area (Å²) in [5.74, 6) is 0. The van der Waals surface area contributed by atoms with Crippen molar-refractivity contribution in [2.24, 2.45) is 0 Å². The smallest absolute Gasteiger partial charge is 0.0372 e. The normalized spacial score (nSPS) is 10.3. The van der Waals surface area contributed by atoms with E-state index >= 15 is 0 Å². The number of benzene rings is 1. The lowest BCUT2D eigenvalue weighted by Crippen LogP contribution is -2.03. The SMILES string of the molecule is CCCCCNc1ccccc1CCC. The van der Waals surface area contributed by atoms with Crippen LogP contribution in [-0.4, -0.2) is 6.54 Å². The van der Waals surface area contributed by atoms with Crippen molar-refractivity contribution in [2.75, 3.05) is 11.9 Å². The zero-order chi connectivity index (χ0) is 10.9. The summed E-state index contributed by atoms with van der Waals surface area (Å²) in [6.07, 6.45) is 6.28. The van der Waals surface area contributed by atoms with Gasteiger partial charge in [-0.05, 0) is 24.5 Å². The van der Waals surface area contributed by atoms with Crippen LogP contribution in [-0.2, 0) is 6.42 Å². The van der Waals surface area contributed by atoms with Crippen molar-refractivity contribution < 1.29 is 0 Å². The molecule has 0 amide bonds. The molecular formula is C14H23N. The van der Waals surface area contributed by atoms with Crippen molar-refractivity contribution in [2.45, 2.75) is 46.0 Å². The summed E-state index contributed by atoms with van der Waals surface area (Å²) in [5.41, 5.74) is 2.78. The van der Waals surface area contributed by atoms with Gasteiger partial charge in [0.25, 0.3) is 0 Å². The molecule has 1 heteroatoms. The molecular weight excluding hydrogens is 182 g/mol. The topological polar surface area (TPSA) is 12.0 Å². The van der Waals surface area contributed by atoms with Crippen molar-refractivity contribution in [3.8, 4) is 0 Å². The highest BCUT2D eigenvalue weighted by Crippen LogP contribution is 2.16. The van der Waals surface area contributed by atoms with Crippen molar-refractivity contribution in [3.63, 3.8) is 0 Å². The minimum atomic E-state index is 1.11. The molecule has 0 aromatic heterocycles. The molecule has 0 radical (unpaired) electrons. The highest BCUT2D eigenvalue weighted by atomic mass is 14.9. The van der Waals surface area contributed by atoms with Gasteiger partial charge >= 0.3 is 0 Å². The summed E-state index contributed by atoms with van der Waals surface area (Å²) < 4.78 is 0. The minimum Gasteiger partial charge on any atom is -0.385 e. The molecule has 0 heterocycles. The lowest BCUT2D eigenvalue weighted by molar-refractivity contribution is 0.743. The molecule has 0 bridgehead atoms. The molecule has 15 heavy (non-hydrogen) atoms. The summed E-state index contributed by atoms with van der Waals surface area (Å²) in [6.45, 7) is 5.58. The van der Waals surface area contributed by atoms with E-state index in [0.29, 0.717) is 0 Å². The van der Waals surface area contributed by atoms with Crippen LogP contribution in [0.1, 0.15) is 45.1 Å². The van der Waals surface area contributed by atoms with Crippen molar-refractivity contribution in [1.82, 2.24) is 0 Å². The standard InChI is InChI=1S/C14H23N/c1-3-5-8-12-15-14-11-7-6-10-13(14)9-4-2/h6-7,10-11,15H,3-5,8-9,12H2,1-2H3. The molecule has 0 unspecified atom stereocenters. The zero-order valence-corrected chi connectivity index (χ0v) is 10.1. The summed E-state index contributed by atoms with van der Waals surface area (Å²) >= 11 is 0. The Balaban J connectivity index is 2.44. The molecule has 0 aliphatic rings. The van der Waals surface area contributed by atoms with E-state index in [9.17, 15) is 0 Å². The highest BCUT2D eigenvalue weighted by molar-refractivity contribution is 5.51. The molecule has 1 nitrogen and oxygen atoms in total. The van der Waals surface area contributed by atoms with E-state index in [1.54, 1.807) is 0 Å². The lowest BCUT2D eigenvalue weighted by atomic mass is 10.1. The second-order valence-corrected chi connectivity index (χ2v) is 4.04. The predicted molar refractivity (Wildman–Crippen MR) is 68.5 cm³/mol. The Hall–Kier alpha value is -0.980. The molecule has 0 aliphatic heterocycles. The van der Waals surface area contributed by atoms with E-state index in [0.717, 1.165) is 6.54 Å². The Morgan fingerprint density at radius 1 is 1.00 bits per heavy atom. The van der Waals surface area contributed by atoms with Gasteiger partial charge in [0, 0.05) is 12.2 Å². The first-order valence-electron chi connectivity index (χ1n) is 6.20. The van der Waals surface area contributed by atoms with Gasteiger partial charge in [0.15, 0.2) is 0 Å². The van der Waals surface area contributed by atoms with E-state index < -0.39 is 0 Å². The first-order valence-corrected chi connectivity index (χ1v) is 6.20. The molecule has 0 atom stereocenters. The Bertz CT molecular complexity index is 268. The molecule has 0 aliphatic carbocycles. The molecule has 0 fully saturated rings. The van der Waals surface area contributed by atoms with Gasteiger partial charge in [-0.3, -0.25) is 0 Å². The van der Waals surface area contributed by atoms with E-state index in [2.05, 4.69) is 43.4 Å². The van der Waals surface area contributed by atoms with Crippen LogP contribution in [0.3, 0.4) is 0 Å². The van der Waals surface area contributed by atoms with E-state index in [4.69, 9.17) is 0 Å². The van der Waals surface area contributed by atoms with Gasteiger partial charge in [0.1, 0.15) is 0 Å². The number of hydrogen-bond donors (Lipinski definition) is 1. The molecule has 1 rings (SSSR count). The minimum absolute atomic E-state index is 1.11. The molecule has 1 aromatic carbocycles. The molecule has 1 N–H and O–H groups in total. The van der Waals surface area contributed by atoms with Gasteiger partial charge < -0.3 is 5.32 Å². The quantitative estimate of drug-likeness (QED) is 0.656. The summed E-state index contributed by atoms with van der Waals surface area (Å²) in [7, 11) is 0. The fourth-order valence-corrected chi connectivity index (χ4v) is 1.78. The third-order valence-corrected chi connectivity index (χ3v) is 2.63. The summed E-state index contributed by atoms with van der Waals surface area (Å²) in [4.78, 5) is 0. The summed E-state index contributed by atoms with van der Waals surface area (Å²) in [6, 6.07) is 8.66. The van der Waals surface area contributed by atoms with Gasteiger partial charge in [-0.1, -0.05) is 51.3 Å². The highest BCUT2D eigenvalue weighted by Gasteiger charge is 1.98. The fourth-order valence-electron chi connectivity index (χ4n) is 1.78. The molecule has 0 saturated carbocycles. The third-order valence-electron chi connectivity index (χ3n) is 2.63. The van der Waals surface area contributed by atoms with Crippen molar-refractivity contribution in [3.05, 3.63) is 29.8 Å². The molecule has 0 spiro atoms. The van der Waals surface area contributed by atoms with Gasteiger partial charge in [0.2, 0.25) is 0 Å². The average molecular weight is 205 g/mol. The molecule has 0 saturated heterocycles. The van der Waals surface area contributed by atoms with Gasteiger partial charge in [-0.25, -0.2) is 0 Å². The van der Waals surface area contributed by atoms with Gasteiger partial charge in [-0.2, -0.15) is 0 Å². The number of aryl methyl sites for hydroxylation is 1. The van der Waals surface area contributed by atoms with Crippen LogP contribution >= 0.6 is 0 Å². The maximum atomic E-state index is 3.53. The largest absolute Gasteiger partial charge is 0.385 e. The van der Waals surface area contributed by atoms with Crippen LogP contribution in [0.15, 0.2) is 24.3 Å². The number of unbranched alkanes of at least 4 members (excludes halogenated alkanes) is 2. The Kier molecular flexibility index (Phi) is 5.91. The number of rotatable bonds is 7. The third kappa shape index (κ3) is 4.37. The number of hydrogen-bond acceptors (Lipinski definition) is 1. The fraction of sp³-hybridized carbons (Fsp3) is 0.571. The summed E-state index contributed by atoms with van der Waals surface area (Å²) in [5, 5.41) is 3.53. The van der Waals surface area contributed by atoms with Crippen molar-refractivity contribution >= 4 is 5.69 Å². The second kappa shape index (κ2) is 7.33. The van der Waals surface area contributed by atoms with E-state index in [1.165, 1.54) is 43.4 Å². The van der Waals surface area contributed by atoms with Crippen LogP contribution in [0, 0.1) is 0 Å². The molecule has 84 valence electrons. The maximum absolute atomic E-state index is 3.53. The number of para-hydroxylation sites is 1. The van der Waals surface area contributed by atoms with Crippen molar-refractivity contribution in [1.29, 1.82) is 0 Å². The van der Waals surface area contributed by atoms with E-state index in [1.807, 2.05) is 0 Å². The van der Waals surface area contributed by atoms with Crippen LogP contribution in [0.2, 0.25) is 0 Å². The van der Waals surface area contributed by atoms with Crippen LogP contribution in [0.25, 0.3) is 0 Å². The lowest BCUT2D eigenvalue weighted by Gasteiger charge is -2.10. The van der Waals surface area contributed by atoms with Crippen LogP contribution in [0.4, 0.5) is 5.69 Å². The van der Waals surface area contributed by atoms with Gasteiger partial charge in [0.05, 0.1) is 0 Å². The van der Waals surface area contributed by atoms with Gasteiger partial charge in [-0.15, -0.1) is 0 Å². The number of anilines is 1. The Morgan fingerprint density at radius 3 is 2.53 bits per heavy atom. The first-order chi connectivity index (χ1) is 7.38. The Morgan fingerprint density at radius 2 is 1.80 bits per heavy atom. The zero-order valence-electron chi connectivity index (χ0n) is 10.1. The van der Waals surface area contributed by atoms with E-state index in [-0.39, 0.29) is 0 Å². The average Bonchev–Trinajstić information content (AvgIpc) is 2.27. The predicted octanol–water partition coefficient (Wildman–Crippen LogP) is 4.24. The maximum Gasteiger partial charge on any atom is 0.0372 e. The number of nitrogens with one attached hydrogen (secondary N) is 1. The second-order valence-electron chi connectivity index (χ2n) is 4.04. The van der Waals surface area contributed by atoms with Crippen LogP contribution in [0.5, 0.6) is 0 Å². The Labute approximate surface area is 93.9 Å².